The molecule has 9 nitrogen and oxygen atoms in total. The van der Waals surface area contributed by atoms with Crippen molar-refractivity contribution in [3.05, 3.63) is 63.2 Å². The number of hydrogen-bond donors (Lipinski definition) is 3. The maximum Gasteiger partial charge on any atom is 0.289 e. The highest BCUT2D eigenvalue weighted by atomic mass is 35.5. The van der Waals surface area contributed by atoms with Crippen LogP contribution in [0, 0.1) is 12.3 Å². The van der Waals surface area contributed by atoms with Gasteiger partial charge < -0.3 is 19.7 Å². The van der Waals surface area contributed by atoms with Crippen molar-refractivity contribution >= 4 is 57.3 Å². The summed E-state index contributed by atoms with van der Waals surface area (Å²) in [5.41, 5.74) is 2.29. The molecule has 1 aromatic carbocycles. The van der Waals surface area contributed by atoms with Gasteiger partial charge in [0.2, 0.25) is 5.88 Å². The van der Waals surface area contributed by atoms with Crippen LogP contribution in [0.15, 0.2) is 42.6 Å². The Morgan fingerprint density at radius 2 is 2.18 bits per heavy atom. The molecule has 1 saturated heterocycles. The van der Waals surface area contributed by atoms with Crippen LogP contribution in [-0.2, 0) is 11.3 Å². The molecule has 0 aliphatic carbocycles. The molecule has 1 fully saturated rings. The van der Waals surface area contributed by atoms with Gasteiger partial charge in [-0.3, -0.25) is 15.1 Å². The Morgan fingerprint density at radius 3 is 2.91 bits per heavy atom. The normalized spacial score (nSPS) is 13.5. The summed E-state index contributed by atoms with van der Waals surface area (Å²) < 4.78 is 7.40. The van der Waals surface area contributed by atoms with Crippen LogP contribution in [0.5, 0.6) is 5.88 Å². The van der Waals surface area contributed by atoms with E-state index in [4.69, 9.17) is 21.7 Å². The lowest BCUT2D eigenvalue weighted by Gasteiger charge is -2.16. The summed E-state index contributed by atoms with van der Waals surface area (Å²) >= 11 is 7.10. The number of nitrogens with one attached hydrogen (secondary N) is 2. The van der Waals surface area contributed by atoms with Gasteiger partial charge >= 0.3 is 0 Å². The standard InChI is InChI=1S/C22H19ClN6O3S/c1-12-25-15-11-28(10-13-3-2-4-14(9-13)29-7-8-32-22(29)24)21(31)18(15)19(26-12)27-20(30)16-5-6-17(23)33-16/h2-6,9,11,24,31H,7-8,10H2,1H3,(H,25,26,27,30). The van der Waals surface area contributed by atoms with Crippen molar-refractivity contribution in [2.75, 3.05) is 23.4 Å². The highest BCUT2D eigenvalue weighted by Crippen LogP contribution is 2.33. The number of aromatic nitrogens is 3. The summed E-state index contributed by atoms with van der Waals surface area (Å²) in [6.07, 6.45) is 1.73. The number of carbonyl (C=O) groups is 1. The van der Waals surface area contributed by atoms with E-state index in [2.05, 4.69) is 15.3 Å². The zero-order chi connectivity index (χ0) is 23.1. The van der Waals surface area contributed by atoms with Crippen molar-refractivity contribution in [2.24, 2.45) is 0 Å². The molecule has 0 radical (unpaired) electrons. The molecule has 0 saturated carbocycles. The first-order valence-electron chi connectivity index (χ1n) is 10.1. The number of amides is 1. The maximum absolute atomic E-state index is 12.6. The number of thiophene rings is 1. The van der Waals surface area contributed by atoms with Gasteiger partial charge in [-0.1, -0.05) is 23.7 Å². The molecule has 0 unspecified atom stereocenters. The number of rotatable bonds is 5. The minimum absolute atomic E-state index is 0.0489. The average molecular weight is 483 g/mol. The van der Waals surface area contributed by atoms with E-state index >= 15 is 0 Å². The van der Waals surface area contributed by atoms with E-state index in [9.17, 15) is 9.90 Å². The number of nitrogens with zero attached hydrogens (tertiary/aromatic N) is 4. The highest BCUT2D eigenvalue weighted by Gasteiger charge is 2.21. The Hall–Kier alpha value is -3.63. The van der Waals surface area contributed by atoms with Gasteiger partial charge in [-0.15, -0.1) is 11.3 Å². The molecule has 33 heavy (non-hydrogen) atoms. The maximum atomic E-state index is 12.6. The number of halogens is 1. The Bertz CT molecular complexity index is 1400. The van der Waals surface area contributed by atoms with Crippen LogP contribution in [0.1, 0.15) is 21.1 Å². The number of aryl methyl sites for hydroxylation is 1. The van der Waals surface area contributed by atoms with E-state index in [1.807, 2.05) is 24.3 Å². The molecule has 1 aliphatic heterocycles. The third-order valence-corrected chi connectivity index (χ3v) is 6.46. The van der Waals surface area contributed by atoms with Crippen molar-refractivity contribution in [1.29, 1.82) is 5.41 Å². The second-order valence-corrected chi connectivity index (χ2v) is 9.21. The summed E-state index contributed by atoms with van der Waals surface area (Å²) in [6, 6.07) is 11.1. The zero-order valence-electron chi connectivity index (χ0n) is 17.5. The number of hydrogen-bond acceptors (Lipinski definition) is 7. The van der Waals surface area contributed by atoms with E-state index in [1.165, 1.54) is 0 Å². The third kappa shape index (κ3) is 4.10. The number of carbonyl (C=O) groups excluding carboxylic acids is 1. The molecule has 4 aromatic rings. The molecule has 1 aliphatic rings. The molecule has 0 bridgehead atoms. The fourth-order valence-corrected chi connectivity index (χ4v) is 4.69. The van der Waals surface area contributed by atoms with Gasteiger partial charge in [0, 0.05) is 11.9 Å². The Kier molecular flexibility index (Phi) is 5.39. The lowest BCUT2D eigenvalue weighted by Crippen LogP contribution is -2.24. The van der Waals surface area contributed by atoms with Crippen molar-refractivity contribution in [1.82, 2.24) is 14.5 Å². The van der Waals surface area contributed by atoms with Crippen molar-refractivity contribution < 1.29 is 14.6 Å². The number of fused-ring (bicyclic) bond motifs is 1. The molecule has 0 atom stereocenters. The van der Waals surface area contributed by atoms with E-state index in [0.717, 1.165) is 22.6 Å². The molecule has 5 rings (SSSR count). The number of amidine groups is 1. The molecule has 1 amide bonds. The van der Waals surface area contributed by atoms with Crippen LogP contribution in [-0.4, -0.2) is 44.7 Å². The van der Waals surface area contributed by atoms with Crippen LogP contribution < -0.4 is 10.2 Å². The molecule has 3 aromatic heterocycles. The summed E-state index contributed by atoms with van der Waals surface area (Å²) in [5.74, 6) is 0.294. The quantitative estimate of drug-likeness (QED) is 0.392. The van der Waals surface area contributed by atoms with Gasteiger partial charge in [0.25, 0.3) is 11.9 Å². The van der Waals surface area contributed by atoms with Crippen LogP contribution >= 0.6 is 22.9 Å². The third-order valence-electron chi connectivity index (χ3n) is 5.23. The second-order valence-electron chi connectivity index (χ2n) is 7.49. The molecule has 168 valence electrons. The van der Waals surface area contributed by atoms with Gasteiger partial charge in [0.1, 0.15) is 23.6 Å². The molecule has 11 heteroatoms. The van der Waals surface area contributed by atoms with Gasteiger partial charge in [0.05, 0.1) is 27.8 Å². The van der Waals surface area contributed by atoms with Crippen LogP contribution in [0.3, 0.4) is 0 Å². The monoisotopic (exact) mass is 482 g/mol. The predicted molar refractivity (Wildman–Crippen MR) is 128 cm³/mol. The van der Waals surface area contributed by atoms with Crippen molar-refractivity contribution in [3.8, 4) is 5.88 Å². The van der Waals surface area contributed by atoms with Gasteiger partial charge in [0.15, 0.2) is 0 Å². The summed E-state index contributed by atoms with van der Waals surface area (Å²) in [6.45, 7) is 3.19. The zero-order valence-corrected chi connectivity index (χ0v) is 19.1. The van der Waals surface area contributed by atoms with E-state index in [1.54, 1.807) is 34.7 Å². The smallest absolute Gasteiger partial charge is 0.289 e. The lowest BCUT2D eigenvalue weighted by molar-refractivity contribution is 0.103. The van der Waals surface area contributed by atoms with E-state index < -0.39 is 0 Å². The van der Waals surface area contributed by atoms with Crippen LogP contribution in [0.2, 0.25) is 4.34 Å². The Balaban J connectivity index is 1.47. The molecule has 4 heterocycles. The topological polar surface area (TPSA) is 116 Å². The van der Waals surface area contributed by atoms with Gasteiger partial charge in [-0.25, -0.2) is 9.97 Å². The Morgan fingerprint density at radius 1 is 1.33 bits per heavy atom. The van der Waals surface area contributed by atoms with Crippen molar-refractivity contribution in [3.63, 3.8) is 0 Å². The Labute approximate surface area is 197 Å². The van der Waals surface area contributed by atoms with Crippen molar-refractivity contribution in [2.45, 2.75) is 13.5 Å². The van der Waals surface area contributed by atoms with Crippen LogP contribution in [0.4, 0.5) is 11.5 Å². The predicted octanol–water partition coefficient (Wildman–Crippen LogP) is 4.23. The number of aromatic hydroxyl groups is 1. The summed E-state index contributed by atoms with van der Waals surface area (Å²) in [7, 11) is 0. The van der Waals surface area contributed by atoms with Crippen LogP contribution in [0.25, 0.3) is 10.9 Å². The highest BCUT2D eigenvalue weighted by molar-refractivity contribution is 7.18. The number of anilines is 2. The number of ether oxygens (including phenoxy) is 1. The van der Waals surface area contributed by atoms with E-state index in [-0.39, 0.29) is 23.6 Å². The largest absolute Gasteiger partial charge is 0.494 e. The SMILES string of the molecule is Cc1nc(NC(=O)c2ccc(Cl)s2)c2c(O)n(Cc3cccc(N4CCOC4=N)c3)cc2n1. The second kappa shape index (κ2) is 8.38. The summed E-state index contributed by atoms with van der Waals surface area (Å²) in [4.78, 5) is 23.6. The molecular weight excluding hydrogens is 464 g/mol. The molecule has 3 N–H and O–H groups in total. The summed E-state index contributed by atoms with van der Waals surface area (Å²) in [5, 5.41) is 22.0. The number of benzene rings is 1. The minimum atomic E-state index is -0.360. The fraction of sp³-hybridized carbons (Fsp3) is 0.182. The minimum Gasteiger partial charge on any atom is -0.494 e. The average Bonchev–Trinajstić information content (AvgIpc) is 3.48. The first-order valence-corrected chi connectivity index (χ1v) is 11.3. The first kappa shape index (κ1) is 21.2. The first-order chi connectivity index (χ1) is 15.9. The van der Waals surface area contributed by atoms with E-state index in [0.29, 0.717) is 45.6 Å². The van der Waals surface area contributed by atoms with Gasteiger partial charge in [-0.2, -0.15) is 0 Å². The molecular formula is C22H19ClN6O3S. The fourth-order valence-electron chi connectivity index (χ4n) is 3.76. The van der Waals surface area contributed by atoms with Gasteiger partial charge in [-0.05, 0) is 36.8 Å². The lowest BCUT2D eigenvalue weighted by atomic mass is 10.2. The molecule has 0 spiro atoms.